The number of likely N-dealkylation sites (tertiary alicyclic amines) is 1. The van der Waals surface area contributed by atoms with Crippen molar-refractivity contribution in [3.8, 4) is 22.5 Å². The van der Waals surface area contributed by atoms with Gasteiger partial charge in [-0.1, -0.05) is 33.8 Å². The number of pyridine rings is 1. The lowest BCUT2D eigenvalue weighted by Gasteiger charge is -2.43. The van der Waals surface area contributed by atoms with Crippen LogP contribution in [0.2, 0.25) is 0 Å². The summed E-state index contributed by atoms with van der Waals surface area (Å²) in [5, 5.41) is 8.18. The van der Waals surface area contributed by atoms with Crippen LogP contribution in [0.4, 0.5) is 4.79 Å². The number of carbonyl (C=O) groups excluding carboxylic acids is 4. The summed E-state index contributed by atoms with van der Waals surface area (Å²) < 4.78 is 19.5. The van der Waals surface area contributed by atoms with Gasteiger partial charge in [-0.25, -0.2) is 15.2 Å². The molecule has 1 aromatic carbocycles. The molecule has 6 heterocycles. The lowest BCUT2D eigenvalue weighted by Crippen LogP contribution is -2.63. The number of cyclic esters (lactones) is 1. The van der Waals surface area contributed by atoms with E-state index in [0.29, 0.717) is 57.1 Å². The van der Waals surface area contributed by atoms with Crippen LogP contribution in [-0.2, 0) is 48.0 Å². The summed E-state index contributed by atoms with van der Waals surface area (Å²) in [7, 11) is 4.96. The molecule has 2 saturated heterocycles. The summed E-state index contributed by atoms with van der Waals surface area (Å²) >= 11 is 1.42. The molecule has 334 valence electrons. The van der Waals surface area contributed by atoms with Gasteiger partial charge in [-0.3, -0.25) is 24.4 Å². The van der Waals surface area contributed by atoms with E-state index >= 15 is 0 Å². The molecule has 0 aliphatic carbocycles. The Hall–Kier alpha value is -4.90. The maximum atomic E-state index is 14.5. The average Bonchev–Trinajstić information content (AvgIpc) is 3.84. The number of hydrogen-bond donors (Lipinski definition) is 2. The van der Waals surface area contributed by atoms with Gasteiger partial charge in [0, 0.05) is 98.8 Å². The maximum Gasteiger partial charge on any atom is 0.324 e. The number of nitrogens with zero attached hydrogens (tertiary/aromatic N) is 6. The number of urea groups is 1. The fourth-order valence-corrected chi connectivity index (χ4v) is 10.0. The van der Waals surface area contributed by atoms with Gasteiger partial charge in [0.2, 0.25) is 5.91 Å². The second kappa shape index (κ2) is 18.8. The third kappa shape index (κ3) is 9.24. The molecule has 4 amide bonds. The molecule has 2 N–H and O–H groups in total. The van der Waals surface area contributed by atoms with E-state index in [1.54, 1.807) is 32.4 Å². The zero-order valence-electron chi connectivity index (χ0n) is 37.5. The minimum atomic E-state index is -1.04. The minimum Gasteiger partial charge on any atom is -0.464 e. The largest absolute Gasteiger partial charge is 0.464 e. The molecular formula is C46H62N8O7S. The van der Waals surface area contributed by atoms with Gasteiger partial charge in [0.05, 0.1) is 41.4 Å². The predicted octanol–water partition coefficient (Wildman–Crippen LogP) is 5.86. The Bertz CT molecular complexity index is 2280. The Kier molecular flexibility index (Phi) is 13.7. The fourth-order valence-electron chi connectivity index (χ4n) is 9.16. The van der Waals surface area contributed by atoms with Crippen molar-refractivity contribution in [1.82, 2.24) is 40.1 Å². The number of ether oxygens (including phenoxy) is 3. The van der Waals surface area contributed by atoms with Gasteiger partial charge in [0.25, 0.3) is 5.91 Å². The van der Waals surface area contributed by atoms with Crippen molar-refractivity contribution in [1.29, 1.82) is 0 Å². The van der Waals surface area contributed by atoms with E-state index in [9.17, 15) is 19.2 Å². The maximum absolute atomic E-state index is 14.5. The molecule has 4 atom stereocenters. The molecule has 3 aromatic heterocycles. The second-order valence-electron chi connectivity index (χ2n) is 18.1. The minimum absolute atomic E-state index is 0.106. The normalized spacial score (nSPS) is 20.7. The summed E-state index contributed by atoms with van der Waals surface area (Å²) in [6.45, 7) is 15.0. The molecule has 15 nitrogen and oxygen atoms in total. The summed E-state index contributed by atoms with van der Waals surface area (Å²) in [6.07, 6.45) is 3.29. The number of methoxy groups -OCH3 is 2. The van der Waals surface area contributed by atoms with Gasteiger partial charge in [-0.2, -0.15) is 0 Å². The molecule has 62 heavy (non-hydrogen) atoms. The summed E-state index contributed by atoms with van der Waals surface area (Å²) in [5.74, 6) is -1.28. The Morgan fingerprint density at radius 3 is 2.63 bits per heavy atom. The van der Waals surface area contributed by atoms with E-state index in [0.717, 1.165) is 44.7 Å². The van der Waals surface area contributed by atoms with Gasteiger partial charge in [-0.05, 0) is 68.9 Å². The van der Waals surface area contributed by atoms with Crippen molar-refractivity contribution < 1.29 is 33.4 Å². The van der Waals surface area contributed by atoms with E-state index in [1.165, 1.54) is 21.2 Å². The zero-order chi connectivity index (χ0) is 44.5. The number of amides is 4. The van der Waals surface area contributed by atoms with Gasteiger partial charge in [0.1, 0.15) is 18.1 Å². The Labute approximate surface area is 368 Å². The number of benzene rings is 1. The van der Waals surface area contributed by atoms with E-state index in [2.05, 4.69) is 60.3 Å². The van der Waals surface area contributed by atoms with Crippen molar-refractivity contribution >= 4 is 46.1 Å². The molecule has 16 heteroatoms. The highest BCUT2D eigenvalue weighted by Gasteiger charge is 2.40. The first-order valence-electron chi connectivity index (χ1n) is 21.8. The van der Waals surface area contributed by atoms with Crippen molar-refractivity contribution in [2.45, 2.75) is 98.0 Å². The number of fused-ring (bicyclic) bond motifs is 6. The van der Waals surface area contributed by atoms with E-state index in [1.807, 2.05) is 32.2 Å². The van der Waals surface area contributed by atoms with Gasteiger partial charge >= 0.3 is 12.0 Å². The molecule has 3 aliphatic heterocycles. The fraction of sp³-hybridized carbons (Fsp3) is 0.565. The molecule has 3 aliphatic rings. The van der Waals surface area contributed by atoms with Crippen LogP contribution < -0.4 is 10.7 Å². The number of carbonyl (C=O) groups is 4. The lowest BCUT2D eigenvalue weighted by atomic mass is 9.84. The zero-order valence-corrected chi connectivity index (χ0v) is 38.3. The van der Waals surface area contributed by atoms with E-state index in [4.69, 9.17) is 24.2 Å². The standard InChI is InChI=1S/C46H62N8O7S/c1-10-53-37-16-15-30-19-32(37)33(41(53)31-13-11-17-47-39(31)28(4)60-9)21-46(5,6)26-61-44(57)34-14-12-18-54(50-34)43(56)35(20-38-48-36(30)25-62-38)49-42(55)40(27(2)3)51(7)45(58)52-22-29(23-52)24-59-8/h11,13,15-17,19,25,27-29,34-35,40,50H,10,12,14,18,20-24,26H2,1-9H3,(H,49,55)/t28-,34-,35-,40-/m0/s1. The third-order valence-electron chi connectivity index (χ3n) is 12.4. The van der Waals surface area contributed by atoms with Crippen LogP contribution >= 0.6 is 11.3 Å². The number of rotatable bonds is 10. The lowest BCUT2D eigenvalue weighted by molar-refractivity contribution is -0.155. The molecule has 0 unspecified atom stereocenters. The highest BCUT2D eigenvalue weighted by Crippen LogP contribution is 2.42. The highest BCUT2D eigenvalue weighted by molar-refractivity contribution is 7.10. The van der Waals surface area contributed by atoms with Crippen LogP contribution in [0.25, 0.3) is 33.4 Å². The van der Waals surface area contributed by atoms with Crippen LogP contribution in [0.3, 0.4) is 0 Å². The van der Waals surface area contributed by atoms with Gasteiger partial charge in [-0.15, -0.1) is 11.3 Å². The van der Waals surface area contributed by atoms with Crippen LogP contribution in [0.15, 0.2) is 41.9 Å². The quantitative estimate of drug-likeness (QED) is 0.185. The first-order valence-corrected chi connectivity index (χ1v) is 22.7. The smallest absolute Gasteiger partial charge is 0.324 e. The van der Waals surface area contributed by atoms with Crippen LogP contribution in [0.1, 0.15) is 76.8 Å². The summed E-state index contributed by atoms with van der Waals surface area (Å²) in [4.78, 5) is 69.3. The van der Waals surface area contributed by atoms with Crippen LogP contribution in [0, 0.1) is 17.3 Å². The van der Waals surface area contributed by atoms with E-state index in [-0.39, 0.29) is 37.0 Å². The van der Waals surface area contributed by atoms with Crippen molar-refractivity contribution in [3.63, 3.8) is 0 Å². The third-order valence-corrected chi connectivity index (χ3v) is 13.3. The van der Waals surface area contributed by atoms with Crippen LogP contribution in [0.5, 0.6) is 0 Å². The first-order chi connectivity index (χ1) is 29.6. The van der Waals surface area contributed by atoms with Crippen molar-refractivity contribution in [2.24, 2.45) is 17.3 Å². The highest BCUT2D eigenvalue weighted by atomic mass is 32.1. The Morgan fingerprint density at radius 1 is 1.15 bits per heavy atom. The summed E-state index contributed by atoms with van der Waals surface area (Å²) in [5.41, 5.74) is 9.37. The average molecular weight is 871 g/mol. The number of esters is 1. The van der Waals surface area contributed by atoms with Crippen molar-refractivity contribution in [2.75, 3.05) is 54.1 Å². The Balaban J connectivity index is 1.27. The van der Waals surface area contributed by atoms with E-state index < -0.39 is 41.3 Å². The topological polar surface area (TPSA) is 160 Å². The number of aryl methyl sites for hydroxylation is 1. The molecule has 0 spiro atoms. The predicted molar refractivity (Wildman–Crippen MR) is 238 cm³/mol. The first kappa shape index (κ1) is 45.1. The number of likely N-dealkylation sites (N-methyl/N-ethyl adjacent to an activating group) is 1. The van der Waals surface area contributed by atoms with Crippen LogP contribution in [-0.4, -0.2) is 125 Å². The number of thiazole rings is 1. The number of hydrogen-bond acceptors (Lipinski definition) is 11. The SMILES string of the molecule is CCn1c(-c2cccnc2[C@H](C)OC)c2c3cc(ccc31)-c1csc(n1)C[C@H](NC(=O)[C@H](C(C)C)N(C)C(=O)N1CC(COC)C1)C(=O)N1CCC[C@H](N1)C(=O)OCC(C)(C)C2. The second-order valence-corrected chi connectivity index (χ2v) is 19.0. The molecule has 7 rings (SSSR count). The molecule has 4 aromatic rings. The van der Waals surface area contributed by atoms with Gasteiger partial charge in [0.15, 0.2) is 0 Å². The van der Waals surface area contributed by atoms with Crippen molar-refractivity contribution in [3.05, 3.63) is 58.2 Å². The molecule has 0 radical (unpaired) electrons. The number of hydrazine groups is 1. The molecular weight excluding hydrogens is 809 g/mol. The number of nitrogens with one attached hydrogen (secondary N) is 2. The molecule has 2 fully saturated rings. The monoisotopic (exact) mass is 870 g/mol. The number of aromatic nitrogens is 3. The molecule has 0 saturated carbocycles. The Morgan fingerprint density at radius 2 is 1.92 bits per heavy atom. The summed E-state index contributed by atoms with van der Waals surface area (Å²) in [6, 6.07) is 7.54. The van der Waals surface area contributed by atoms with Gasteiger partial charge < -0.3 is 33.9 Å². The molecule has 6 bridgehead atoms.